The first-order valence-electron chi connectivity index (χ1n) is 7.24. The Morgan fingerprint density at radius 2 is 1.95 bits per heavy atom. The van der Waals surface area contributed by atoms with Gasteiger partial charge in [-0.25, -0.2) is 0 Å². The van der Waals surface area contributed by atoms with E-state index in [-0.39, 0.29) is 17.9 Å². The van der Waals surface area contributed by atoms with E-state index in [0.29, 0.717) is 6.61 Å². The van der Waals surface area contributed by atoms with Gasteiger partial charge in [-0.05, 0) is 44.4 Å². The summed E-state index contributed by atoms with van der Waals surface area (Å²) >= 11 is 0. The summed E-state index contributed by atoms with van der Waals surface area (Å²) in [5, 5.41) is 3.11. The van der Waals surface area contributed by atoms with E-state index in [9.17, 15) is 4.79 Å². The van der Waals surface area contributed by atoms with Gasteiger partial charge in [0.05, 0.1) is 12.6 Å². The van der Waals surface area contributed by atoms with Gasteiger partial charge in [0, 0.05) is 5.92 Å². The van der Waals surface area contributed by atoms with Gasteiger partial charge >= 0.3 is 0 Å². The third-order valence-electron chi connectivity index (χ3n) is 3.78. The molecule has 3 heteroatoms. The van der Waals surface area contributed by atoms with Gasteiger partial charge in [-0.15, -0.1) is 0 Å². The smallest absolute Gasteiger partial charge is 0.223 e. The lowest BCUT2D eigenvalue weighted by molar-refractivity contribution is -0.125. The van der Waals surface area contributed by atoms with Crippen molar-refractivity contribution >= 4 is 5.91 Å². The quantitative estimate of drug-likeness (QED) is 0.881. The minimum atomic E-state index is 0.0591. The lowest BCUT2D eigenvalue weighted by atomic mass is 10.0. The number of nitrogens with one attached hydrogen (secondary N) is 1. The van der Waals surface area contributed by atoms with Crippen LogP contribution in [-0.4, -0.2) is 12.5 Å². The average molecular weight is 261 g/mol. The van der Waals surface area contributed by atoms with Crippen molar-refractivity contribution in [3.05, 3.63) is 29.8 Å². The maximum Gasteiger partial charge on any atom is 0.223 e. The molecule has 1 fully saturated rings. The zero-order valence-corrected chi connectivity index (χ0v) is 11.8. The molecule has 1 amide bonds. The van der Waals surface area contributed by atoms with Gasteiger partial charge < -0.3 is 10.1 Å². The minimum Gasteiger partial charge on any atom is -0.494 e. The van der Waals surface area contributed by atoms with Crippen LogP contribution in [0.4, 0.5) is 0 Å². The van der Waals surface area contributed by atoms with Crippen molar-refractivity contribution in [3.8, 4) is 5.75 Å². The Morgan fingerprint density at radius 3 is 2.53 bits per heavy atom. The zero-order chi connectivity index (χ0) is 13.7. The van der Waals surface area contributed by atoms with Crippen molar-refractivity contribution in [2.75, 3.05) is 6.61 Å². The Morgan fingerprint density at radius 1 is 1.32 bits per heavy atom. The summed E-state index contributed by atoms with van der Waals surface area (Å²) < 4.78 is 5.42. The summed E-state index contributed by atoms with van der Waals surface area (Å²) in [6.07, 6.45) is 4.47. The number of rotatable bonds is 5. The predicted molar refractivity (Wildman–Crippen MR) is 76.1 cm³/mol. The molecule has 19 heavy (non-hydrogen) atoms. The van der Waals surface area contributed by atoms with Crippen LogP contribution >= 0.6 is 0 Å². The number of benzene rings is 1. The molecule has 0 bridgehead atoms. The molecule has 3 nitrogen and oxygen atoms in total. The number of hydrogen-bond donors (Lipinski definition) is 1. The molecule has 0 heterocycles. The number of carbonyl (C=O) groups excluding carboxylic acids is 1. The van der Waals surface area contributed by atoms with Gasteiger partial charge in [-0.3, -0.25) is 4.79 Å². The molecule has 2 rings (SSSR count). The Bertz CT molecular complexity index is 407. The van der Waals surface area contributed by atoms with Crippen molar-refractivity contribution in [2.24, 2.45) is 5.92 Å². The molecule has 0 spiro atoms. The molecule has 1 aromatic carbocycles. The minimum absolute atomic E-state index is 0.0591. The first-order chi connectivity index (χ1) is 9.20. The molecule has 1 saturated carbocycles. The lowest BCUT2D eigenvalue weighted by Crippen LogP contribution is -2.31. The van der Waals surface area contributed by atoms with Gasteiger partial charge in [0.15, 0.2) is 0 Å². The third kappa shape index (κ3) is 3.72. The molecule has 1 aliphatic rings. The van der Waals surface area contributed by atoms with Gasteiger partial charge in [-0.2, -0.15) is 0 Å². The molecule has 1 atom stereocenters. The first-order valence-corrected chi connectivity index (χ1v) is 7.24. The average Bonchev–Trinajstić information content (AvgIpc) is 2.94. The van der Waals surface area contributed by atoms with Crippen LogP contribution in [0.15, 0.2) is 24.3 Å². The summed E-state index contributed by atoms with van der Waals surface area (Å²) in [5.41, 5.74) is 1.12. The summed E-state index contributed by atoms with van der Waals surface area (Å²) in [6.45, 7) is 4.67. The Kier molecular flexibility index (Phi) is 4.83. The highest BCUT2D eigenvalue weighted by molar-refractivity contribution is 5.79. The highest BCUT2D eigenvalue weighted by atomic mass is 16.5. The number of carbonyl (C=O) groups is 1. The molecular formula is C16H23NO2. The number of hydrogen-bond acceptors (Lipinski definition) is 2. The van der Waals surface area contributed by atoms with E-state index in [1.807, 2.05) is 38.1 Å². The largest absolute Gasteiger partial charge is 0.494 e. The lowest BCUT2D eigenvalue weighted by Gasteiger charge is -2.17. The van der Waals surface area contributed by atoms with Crippen LogP contribution in [0.1, 0.15) is 51.1 Å². The predicted octanol–water partition coefficient (Wildman–Crippen LogP) is 3.45. The maximum absolute atomic E-state index is 12.1. The topological polar surface area (TPSA) is 38.3 Å². The summed E-state index contributed by atoms with van der Waals surface area (Å²) in [4.78, 5) is 12.1. The van der Waals surface area contributed by atoms with E-state index in [0.717, 1.165) is 24.2 Å². The molecule has 0 aliphatic heterocycles. The molecule has 0 unspecified atom stereocenters. The molecule has 1 aromatic rings. The second-order valence-electron chi connectivity index (χ2n) is 5.21. The molecule has 104 valence electrons. The fraction of sp³-hybridized carbons (Fsp3) is 0.562. The second-order valence-corrected chi connectivity index (χ2v) is 5.21. The van der Waals surface area contributed by atoms with Gasteiger partial charge in [0.2, 0.25) is 5.91 Å². The highest BCUT2D eigenvalue weighted by Crippen LogP contribution is 2.26. The summed E-state index contributed by atoms with van der Waals surface area (Å²) in [5.74, 6) is 1.31. The molecular weight excluding hydrogens is 238 g/mol. The Balaban J connectivity index is 1.91. The van der Waals surface area contributed by atoms with Crippen LogP contribution in [0.3, 0.4) is 0 Å². The molecule has 0 radical (unpaired) electrons. The van der Waals surface area contributed by atoms with Gasteiger partial charge in [-0.1, -0.05) is 25.0 Å². The van der Waals surface area contributed by atoms with Crippen LogP contribution in [0.5, 0.6) is 5.75 Å². The monoisotopic (exact) mass is 261 g/mol. The SMILES string of the molecule is CCOc1ccc([C@@H](C)NC(=O)C2CCCC2)cc1. The molecule has 1 N–H and O–H groups in total. The van der Waals surface area contributed by atoms with Crippen LogP contribution in [0.25, 0.3) is 0 Å². The second kappa shape index (κ2) is 6.60. The van der Waals surface area contributed by atoms with Crippen molar-refractivity contribution in [3.63, 3.8) is 0 Å². The highest BCUT2D eigenvalue weighted by Gasteiger charge is 2.23. The first kappa shape index (κ1) is 13.9. The number of ether oxygens (including phenoxy) is 1. The maximum atomic E-state index is 12.1. The van der Waals surface area contributed by atoms with Crippen molar-refractivity contribution < 1.29 is 9.53 Å². The molecule has 0 saturated heterocycles. The third-order valence-corrected chi connectivity index (χ3v) is 3.78. The van der Waals surface area contributed by atoms with Crippen LogP contribution in [0, 0.1) is 5.92 Å². The van der Waals surface area contributed by atoms with Gasteiger partial charge in [0.25, 0.3) is 0 Å². The fourth-order valence-corrected chi connectivity index (χ4v) is 2.62. The van der Waals surface area contributed by atoms with Crippen LogP contribution in [-0.2, 0) is 4.79 Å². The zero-order valence-electron chi connectivity index (χ0n) is 11.8. The van der Waals surface area contributed by atoms with Gasteiger partial charge in [0.1, 0.15) is 5.75 Å². The van der Waals surface area contributed by atoms with Crippen molar-refractivity contribution in [1.29, 1.82) is 0 Å². The Labute approximate surface area is 115 Å². The normalized spacial score (nSPS) is 17.2. The van der Waals surface area contributed by atoms with E-state index >= 15 is 0 Å². The standard InChI is InChI=1S/C16H23NO2/c1-3-19-15-10-8-13(9-11-15)12(2)17-16(18)14-6-4-5-7-14/h8-12,14H,3-7H2,1-2H3,(H,17,18)/t12-/m1/s1. The van der Waals surface area contributed by atoms with Crippen LogP contribution < -0.4 is 10.1 Å². The van der Waals surface area contributed by atoms with Crippen LogP contribution in [0.2, 0.25) is 0 Å². The van der Waals surface area contributed by atoms with Crippen molar-refractivity contribution in [1.82, 2.24) is 5.32 Å². The molecule has 1 aliphatic carbocycles. The van der Waals surface area contributed by atoms with E-state index < -0.39 is 0 Å². The van der Waals surface area contributed by atoms with E-state index in [2.05, 4.69) is 5.32 Å². The summed E-state index contributed by atoms with van der Waals surface area (Å²) in [6, 6.07) is 8.01. The fourth-order valence-electron chi connectivity index (χ4n) is 2.62. The number of amides is 1. The summed E-state index contributed by atoms with van der Waals surface area (Å²) in [7, 11) is 0. The Hall–Kier alpha value is -1.51. The van der Waals surface area contributed by atoms with E-state index in [1.165, 1.54) is 12.8 Å². The molecule has 0 aromatic heterocycles. The van der Waals surface area contributed by atoms with Crippen molar-refractivity contribution in [2.45, 2.75) is 45.6 Å². The van der Waals surface area contributed by atoms with E-state index in [1.54, 1.807) is 0 Å². The van der Waals surface area contributed by atoms with E-state index in [4.69, 9.17) is 4.74 Å².